The van der Waals surface area contributed by atoms with Gasteiger partial charge in [0.2, 0.25) is 0 Å². The molecule has 3 aromatic carbocycles. The van der Waals surface area contributed by atoms with Crippen LogP contribution in [0, 0.1) is 0 Å². The van der Waals surface area contributed by atoms with Crippen molar-refractivity contribution in [3.63, 3.8) is 0 Å². The number of fused-ring (bicyclic) bond motifs is 1. The molecule has 0 saturated carbocycles. The van der Waals surface area contributed by atoms with Crippen molar-refractivity contribution in [1.82, 2.24) is 5.32 Å². The van der Waals surface area contributed by atoms with E-state index in [1.165, 1.54) is 0 Å². The molecule has 1 amide bonds. The molecule has 0 aliphatic heterocycles. The van der Waals surface area contributed by atoms with Crippen molar-refractivity contribution < 1.29 is 14.3 Å². The Hall–Kier alpha value is -2.53. The second kappa shape index (κ2) is 8.53. The molecule has 25 heavy (non-hydrogen) atoms. The van der Waals surface area contributed by atoms with Crippen molar-refractivity contribution in [3.8, 4) is 5.75 Å². The molecule has 5 heteroatoms. The summed E-state index contributed by atoms with van der Waals surface area (Å²) in [5, 5.41) is 4.93. The quantitative estimate of drug-likeness (QED) is 0.599. The molecule has 0 radical (unpaired) electrons. The van der Waals surface area contributed by atoms with Crippen LogP contribution in [-0.2, 0) is 11.3 Å². The molecule has 0 bridgehead atoms. The summed E-state index contributed by atoms with van der Waals surface area (Å²) < 4.78 is 11.9. The zero-order valence-electron chi connectivity index (χ0n) is 13.6. The molecule has 0 aliphatic carbocycles. The van der Waals surface area contributed by atoms with Crippen LogP contribution in [0.1, 0.15) is 5.56 Å². The largest absolute Gasteiger partial charge is 0.492 e. The topological polar surface area (TPSA) is 47.6 Å². The fourth-order valence-corrected chi connectivity index (χ4v) is 2.76. The highest BCUT2D eigenvalue weighted by Crippen LogP contribution is 2.24. The number of carbonyl (C=O) groups excluding carboxylic acids is 1. The molecule has 0 atom stereocenters. The SMILES string of the molecule is O=C(NCCOc1ccc2cc(Br)ccc2c1)OCc1ccccc1. The zero-order chi connectivity index (χ0) is 17.5. The van der Waals surface area contributed by atoms with E-state index < -0.39 is 6.09 Å². The average Bonchev–Trinajstić information content (AvgIpc) is 2.64. The van der Waals surface area contributed by atoms with Gasteiger partial charge in [-0.25, -0.2) is 4.79 Å². The van der Waals surface area contributed by atoms with Crippen molar-refractivity contribution in [2.24, 2.45) is 0 Å². The van der Waals surface area contributed by atoms with Crippen LogP contribution in [0.3, 0.4) is 0 Å². The van der Waals surface area contributed by atoms with Crippen molar-refractivity contribution in [2.45, 2.75) is 6.61 Å². The fraction of sp³-hybridized carbons (Fsp3) is 0.150. The van der Waals surface area contributed by atoms with Gasteiger partial charge in [0.05, 0.1) is 6.54 Å². The molecule has 0 unspecified atom stereocenters. The Morgan fingerprint density at radius 3 is 2.56 bits per heavy atom. The highest BCUT2D eigenvalue weighted by atomic mass is 79.9. The van der Waals surface area contributed by atoms with Gasteiger partial charge in [-0.05, 0) is 40.6 Å². The molecule has 0 aliphatic rings. The van der Waals surface area contributed by atoms with Crippen LogP contribution in [0.25, 0.3) is 10.8 Å². The minimum absolute atomic E-state index is 0.258. The van der Waals surface area contributed by atoms with E-state index in [0.717, 1.165) is 26.6 Å². The number of rotatable bonds is 6. The van der Waals surface area contributed by atoms with Crippen molar-refractivity contribution in [1.29, 1.82) is 0 Å². The van der Waals surface area contributed by atoms with Crippen molar-refractivity contribution >= 4 is 32.8 Å². The molecule has 0 saturated heterocycles. The number of benzene rings is 3. The first-order valence-corrected chi connectivity index (χ1v) is 8.77. The summed E-state index contributed by atoms with van der Waals surface area (Å²) in [5.41, 5.74) is 0.955. The highest BCUT2D eigenvalue weighted by Gasteiger charge is 2.03. The minimum atomic E-state index is -0.448. The maximum Gasteiger partial charge on any atom is 0.407 e. The fourth-order valence-electron chi connectivity index (χ4n) is 2.38. The summed E-state index contributed by atoms with van der Waals surface area (Å²) in [6.07, 6.45) is -0.448. The Morgan fingerprint density at radius 2 is 1.72 bits per heavy atom. The third-order valence-corrected chi connectivity index (χ3v) is 4.12. The van der Waals surface area contributed by atoms with E-state index in [1.54, 1.807) is 0 Å². The highest BCUT2D eigenvalue weighted by molar-refractivity contribution is 9.10. The molecule has 3 rings (SSSR count). The summed E-state index contributed by atoms with van der Waals surface area (Å²) in [6, 6.07) is 21.6. The summed E-state index contributed by atoms with van der Waals surface area (Å²) >= 11 is 3.46. The van der Waals surface area contributed by atoms with Crippen LogP contribution in [0.2, 0.25) is 0 Å². The predicted molar refractivity (Wildman–Crippen MR) is 102 cm³/mol. The average molecular weight is 400 g/mol. The molecule has 0 spiro atoms. The molecule has 1 N–H and O–H groups in total. The minimum Gasteiger partial charge on any atom is -0.492 e. The van der Waals surface area contributed by atoms with E-state index in [4.69, 9.17) is 9.47 Å². The molecule has 3 aromatic rings. The Morgan fingerprint density at radius 1 is 0.960 bits per heavy atom. The smallest absolute Gasteiger partial charge is 0.407 e. The van der Waals surface area contributed by atoms with Crippen LogP contribution in [0.15, 0.2) is 71.2 Å². The summed E-state index contributed by atoms with van der Waals surface area (Å²) in [5.74, 6) is 0.772. The van der Waals surface area contributed by atoms with Gasteiger partial charge >= 0.3 is 6.09 Å². The van der Waals surface area contributed by atoms with Gasteiger partial charge in [-0.2, -0.15) is 0 Å². The predicted octanol–water partition coefficient (Wildman–Crippen LogP) is 4.91. The molecule has 128 valence electrons. The third-order valence-electron chi connectivity index (χ3n) is 3.63. The first-order chi connectivity index (χ1) is 12.2. The molecular weight excluding hydrogens is 382 g/mol. The molecule has 0 heterocycles. The van der Waals surface area contributed by atoms with Gasteiger partial charge in [-0.3, -0.25) is 0 Å². The third kappa shape index (κ3) is 5.22. The molecular formula is C20H18BrNO3. The van der Waals surface area contributed by atoms with Crippen molar-refractivity contribution in [2.75, 3.05) is 13.2 Å². The van der Waals surface area contributed by atoms with E-state index in [0.29, 0.717) is 13.2 Å². The van der Waals surface area contributed by atoms with E-state index in [-0.39, 0.29) is 6.61 Å². The van der Waals surface area contributed by atoms with E-state index in [1.807, 2.05) is 60.7 Å². The van der Waals surface area contributed by atoms with Gasteiger partial charge in [0, 0.05) is 4.47 Å². The van der Waals surface area contributed by atoms with E-state index in [9.17, 15) is 4.79 Å². The number of amides is 1. The van der Waals surface area contributed by atoms with E-state index >= 15 is 0 Å². The Kier molecular flexibility index (Phi) is 5.90. The summed E-state index contributed by atoms with van der Waals surface area (Å²) in [6.45, 7) is 1.02. The van der Waals surface area contributed by atoms with Crippen LogP contribution in [0.5, 0.6) is 5.75 Å². The standard InChI is InChI=1S/C20H18BrNO3/c21-18-8-6-17-13-19(9-7-16(17)12-18)24-11-10-22-20(23)25-14-15-4-2-1-3-5-15/h1-9,12-13H,10-11,14H2,(H,22,23). The lowest BCUT2D eigenvalue weighted by atomic mass is 10.1. The van der Waals surface area contributed by atoms with Crippen LogP contribution in [-0.4, -0.2) is 19.2 Å². The molecule has 0 fully saturated rings. The zero-order valence-corrected chi connectivity index (χ0v) is 15.2. The van der Waals surface area contributed by atoms with Crippen LogP contribution >= 0.6 is 15.9 Å². The van der Waals surface area contributed by atoms with Gasteiger partial charge in [-0.15, -0.1) is 0 Å². The Labute approximate surface area is 154 Å². The van der Waals surface area contributed by atoms with Gasteiger partial charge in [0.15, 0.2) is 0 Å². The van der Waals surface area contributed by atoms with Gasteiger partial charge in [-0.1, -0.05) is 58.4 Å². The first-order valence-electron chi connectivity index (χ1n) is 7.97. The number of carbonyl (C=O) groups is 1. The summed E-state index contributed by atoms with van der Waals surface area (Å²) in [4.78, 5) is 11.6. The Bertz CT molecular complexity index is 852. The molecule has 0 aromatic heterocycles. The molecule has 4 nitrogen and oxygen atoms in total. The first kappa shape index (κ1) is 17.3. The second-order valence-corrected chi connectivity index (χ2v) is 6.41. The number of hydrogen-bond acceptors (Lipinski definition) is 3. The maximum atomic E-state index is 11.6. The van der Waals surface area contributed by atoms with Crippen molar-refractivity contribution in [3.05, 3.63) is 76.8 Å². The number of ether oxygens (including phenoxy) is 2. The maximum absolute atomic E-state index is 11.6. The van der Waals surface area contributed by atoms with Gasteiger partial charge < -0.3 is 14.8 Å². The van der Waals surface area contributed by atoms with Gasteiger partial charge in [0.25, 0.3) is 0 Å². The van der Waals surface area contributed by atoms with Crippen LogP contribution < -0.4 is 10.1 Å². The lowest BCUT2D eigenvalue weighted by Gasteiger charge is -2.09. The van der Waals surface area contributed by atoms with Gasteiger partial charge in [0.1, 0.15) is 19.0 Å². The second-order valence-electron chi connectivity index (χ2n) is 5.49. The Balaban J connectivity index is 1.40. The monoisotopic (exact) mass is 399 g/mol. The van der Waals surface area contributed by atoms with E-state index in [2.05, 4.69) is 27.3 Å². The number of halogens is 1. The lowest BCUT2D eigenvalue weighted by Crippen LogP contribution is -2.28. The number of nitrogens with one attached hydrogen (secondary N) is 1. The number of hydrogen-bond donors (Lipinski definition) is 1. The van der Waals surface area contributed by atoms with Crippen LogP contribution in [0.4, 0.5) is 4.79 Å². The summed E-state index contributed by atoms with van der Waals surface area (Å²) in [7, 11) is 0. The number of alkyl carbamates (subject to hydrolysis) is 1. The normalized spacial score (nSPS) is 10.4. The lowest BCUT2D eigenvalue weighted by molar-refractivity contribution is 0.137.